The van der Waals surface area contributed by atoms with Crippen LogP contribution in [0.1, 0.15) is 60.3 Å². The highest BCUT2D eigenvalue weighted by molar-refractivity contribution is 5.93. The lowest BCUT2D eigenvalue weighted by Gasteiger charge is -2.56. The molecule has 0 N–H and O–H groups in total. The first-order valence-corrected chi connectivity index (χ1v) is 8.93. The summed E-state index contributed by atoms with van der Waals surface area (Å²) in [7, 11) is 0. The molecule has 0 aromatic rings. The molecule has 25 heavy (non-hydrogen) atoms. The van der Waals surface area contributed by atoms with Crippen LogP contribution in [0.4, 0.5) is 0 Å². The summed E-state index contributed by atoms with van der Waals surface area (Å²) in [5.41, 5.74) is 0.568. The van der Waals surface area contributed by atoms with Gasteiger partial charge in [0.05, 0.1) is 5.57 Å². The second kappa shape index (κ2) is 5.85. The van der Waals surface area contributed by atoms with E-state index in [1.807, 2.05) is 0 Å². The Morgan fingerprint density at radius 2 is 1.88 bits per heavy atom. The number of ether oxygens (including phenoxy) is 3. The minimum absolute atomic E-state index is 0.127. The van der Waals surface area contributed by atoms with Crippen molar-refractivity contribution in [3.63, 3.8) is 0 Å². The molecule has 2 fully saturated rings. The Morgan fingerprint density at radius 3 is 2.48 bits per heavy atom. The van der Waals surface area contributed by atoms with Crippen LogP contribution < -0.4 is 0 Å². The summed E-state index contributed by atoms with van der Waals surface area (Å²) in [5.74, 6) is -2.45. The fourth-order valence-electron chi connectivity index (χ4n) is 5.05. The lowest BCUT2D eigenvalue weighted by atomic mass is 9.52. The lowest BCUT2D eigenvalue weighted by Crippen LogP contribution is -2.60. The maximum atomic E-state index is 12.3. The van der Waals surface area contributed by atoms with E-state index in [1.165, 1.54) is 13.8 Å². The van der Waals surface area contributed by atoms with Crippen molar-refractivity contribution in [1.29, 1.82) is 0 Å². The van der Waals surface area contributed by atoms with Gasteiger partial charge in [-0.2, -0.15) is 0 Å². The molecule has 1 heterocycles. The van der Waals surface area contributed by atoms with Gasteiger partial charge in [0.2, 0.25) is 0 Å². The third kappa shape index (κ3) is 2.57. The molecule has 0 radical (unpaired) electrons. The Kier molecular flexibility index (Phi) is 4.20. The molecule has 6 nitrogen and oxygen atoms in total. The maximum Gasteiger partial charge on any atom is 0.337 e. The first kappa shape index (κ1) is 18.0. The number of fused-ring (bicyclic) bond motifs is 2. The predicted octanol–water partition coefficient (Wildman–Crippen LogP) is 2.90. The standard InChI is InChI=1S/C19H26O6/c1-10-7-6-8-14-9-19(24-13(4)21)15(11(2)17(22)25-19)16(18(10,14)5)23-12(3)20/h10,14,16H,6-9H2,1-5H3. The quantitative estimate of drug-likeness (QED) is 0.713. The Balaban J connectivity index is 2.18. The second-order valence-corrected chi connectivity index (χ2v) is 7.86. The molecule has 0 amide bonds. The third-order valence-corrected chi connectivity index (χ3v) is 6.44. The minimum Gasteiger partial charge on any atom is -0.457 e. The molecule has 0 saturated heterocycles. The van der Waals surface area contributed by atoms with Crippen LogP contribution >= 0.6 is 0 Å². The van der Waals surface area contributed by atoms with Gasteiger partial charge in [-0.25, -0.2) is 4.79 Å². The second-order valence-electron chi connectivity index (χ2n) is 7.86. The molecule has 2 aliphatic carbocycles. The first-order chi connectivity index (χ1) is 11.6. The molecule has 0 spiro atoms. The van der Waals surface area contributed by atoms with Crippen molar-refractivity contribution in [2.45, 2.75) is 72.2 Å². The zero-order valence-electron chi connectivity index (χ0n) is 15.5. The number of carbonyl (C=O) groups is 3. The Labute approximate surface area is 147 Å². The lowest BCUT2D eigenvalue weighted by molar-refractivity contribution is -0.239. The van der Waals surface area contributed by atoms with Gasteiger partial charge >= 0.3 is 17.9 Å². The van der Waals surface area contributed by atoms with Crippen molar-refractivity contribution in [2.24, 2.45) is 17.3 Å². The molecule has 6 heteroatoms. The van der Waals surface area contributed by atoms with E-state index in [1.54, 1.807) is 6.92 Å². The number of esters is 3. The van der Waals surface area contributed by atoms with Gasteiger partial charge in [-0.15, -0.1) is 0 Å². The molecule has 1 aliphatic heterocycles. The molecule has 0 aromatic heterocycles. The van der Waals surface area contributed by atoms with Crippen molar-refractivity contribution in [3.05, 3.63) is 11.1 Å². The zero-order chi connectivity index (χ0) is 18.6. The molecular weight excluding hydrogens is 324 g/mol. The van der Waals surface area contributed by atoms with Crippen molar-refractivity contribution >= 4 is 17.9 Å². The van der Waals surface area contributed by atoms with E-state index >= 15 is 0 Å². The summed E-state index contributed by atoms with van der Waals surface area (Å²) in [4.78, 5) is 36.0. The number of rotatable bonds is 2. The average Bonchev–Trinajstić information content (AvgIpc) is 2.72. The highest BCUT2D eigenvalue weighted by Gasteiger charge is 2.66. The molecular formula is C19H26O6. The van der Waals surface area contributed by atoms with Crippen LogP contribution in [0.5, 0.6) is 0 Å². The molecule has 2 saturated carbocycles. The first-order valence-electron chi connectivity index (χ1n) is 8.93. The summed E-state index contributed by atoms with van der Waals surface area (Å²) in [6.45, 7) is 8.59. The number of hydrogen-bond acceptors (Lipinski definition) is 6. The van der Waals surface area contributed by atoms with Crippen molar-refractivity contribution in [2.75, 3.05) is 0 Å². The van der Waals surface area contributed by atoms with Crippen molar-refractivity contribution < 1.29 is 28.6 Å². The van der Waals surface area contributed by atoms with Crippen LogP contribution in [0.3, 0.4) is 0 Å². The Hall–Kier alpha value is -1.85. The Morgan fingerprint density at radius 1 is 1.20 bits per heavy atom. The van der Waals surface area contributed by atoms with Crippen LogP contribution in [0.15, 0.2) is 11.1 Å². The van der Waals surface area contributed by atoms with E-state index in [-0.39, 0.29) is 11.3 Å². The molecule has 3 rings (SSSR count). The van der Waals surface area contributed by atoms with Crippen LogP contribution in [0, 0.1) is 17.3 Å². The summed E-state index contributed by atoms with van der Waals surface area (Å²) in [6.07, 6.45) is 2.79. The van der Waals surface area contributed by atoms with Crippen LogP contribution in [0.25, 0.3) is 0 Å². The van der Waals surface area contributed by atoms with Gasteiger partial charge in [-0.1, -0.05) is 26.7 Å². The fourth-order valence-corrected chi connectivity index (χ4v) is 5.05. The summed E-state index contributed by atoms with van der Waals surface area (Å²) in [5, 5.41) is 0. The maximum absolute atomic E-state index is 12.3. The smallest absolute Gasteiger partial charge is 0.337 e. The third-order valence-electron chi connectivity index (χ3n) is 6.44. The zero-order valence-corrected chi connectivity index (χ0v) is 15.5. The van der Waals surface area contributed by atoms with Gasteiger partial charge in [0.25, 0.3) is 5.79 Å². The minimum atomic E-state index is -1.44. The van der Waals surface area contributed by atoms with Crippen molar-refractivity contribution in [1.82, 2.24) is 0 Å². The number of hydrogen-bond donors (Lipinski definition) is 0. The van der Waals surface area contributed by atoms with E-state index in [4.69, 9.17) is 14.2 Å². The van der Waals surface area contributed by atoms with E-state index < -0.39 is 29.8 Å². The highest BCUT2D eigenvalue weighted by atomic mass is 16.7. The molecule has 0 bridgehead atoms. The summed E-state index contributed by atoms with van der Waals surface area (Å²) in [6, 6.07) is 0. The summed E-state index contributed by atoms with van der Waals surface area (Å²) >= 11 is 0. The van der Waals surface area contributed by atoms with Gasteiger partial charge in [-0.3, -0.25) is 9.59 Å². The Bertz CT molecular complexity index is 665. The predicted molar refractivity (Wildman–Crippen MR) is 88.1 cm³/mol. The van der Waals surface area contributed by atoms with Gasteiger partial charge in [0, 0.05) is 31.3 Å². The van der Waals surface area contributed by atoms with Crippen molar-refractivity contribution in [3.8, 4) is 0 Å². The largest absolute Gasteiger partial charge is 0.457 e. The fraction of sp³-hybridized carbons (Fsp3) is 0.737. The average molecular weight is 350 g/mol. The van der Waals surface area contributed by atoms with E-state index in [9.17, 15) is 14.4 Å². The van der Waals surface area contributed by atoms with Crippen LogP contribution in [-0.4, -0.2) is 29.8 Å². The van der Waals surface area contributed by atoms with Gasteiger partial charge in [0.15, 0.2) is 0 Å². The van der Waals surface area contributed by atoms with E-state index in [2.05, 4.69) is 13.8 Å². The van der Waals surface area contributed by atoms with Crippen LogP contribution in [0.2, 0.25) is 0 Å². The topological polar surface area (TPSA) is 78.9 Å². The van der Waals surface area contributed by atoms with Gasteiger partial charge < -0.3 is 14.2 Å². The monoisotopic (exact) mass is 350 g/mol. The summed E-state index contributed by atoms with van der Waals surface area (Å²) < 4.78 is 16.9. The number of carbonyl (C=O) groups excluding carboxylic acids is 3. The SMILES string of the molecule is CC(=O)OC1C2=C(C)C(=O)OC2(OC(C)=O)CC2CCCC(C)C21C. The highest BCUT2D eigenvalue weighted by Crippen LogP contribution is 2.61. The normalized spacial score (nSPS) is 40.0. The molecule has 5 atom stereocenters. The van der Waals surface area contributed by atoms with Crippen LogP contribution in [-0.2, 0) is 28.6 Å². The molecule has 0 aromatic carbocycles. The van der Waals surface area contributed by atoms with Gasteiger partial charge in [0.1, 0.15) is 6.10 Å². The molecule has 138 valence electrons. The molecule has 5 unspecified atom stereocenters. The van der Waals surface area contributed by atoms with E-state index in [0.717, 1.165) is 19.3 Å². The van der Waals surface area contributed by atoms with E-state index in [0.29, 0.717) is 23.5 Å². The molecule has 3 aliphatic rings. The van der Waals surface area contributed by atoms with Gasteiger partial charge in [-0.05, 0) is 25.2 Å².